The van der Waals surface area contributed by atoms with Gasteiger partial charge in [0.1, 0.15) is 11.5 Å². The maximum atomic E-state index is 12.1. The molecule has 0 radical (unpaired) electrons. The van der Waals surface area contributed by atoms with Gasteiger partial charge in [0.15, 0.2) is 6.23 Å². The number of halogens is 4. The van der Waals surface area contributed by atoms with E-state index in [2.05, 4.69) is 10.6 Å². The maximum Gasteiger partial charge on any atom is 0.206 e. The normalized spacial score (nSPS) is 20.6. The number of hydrogen-bond donors (Lipinski definition) is 2. The summed E-state index contributed by atoms with van der Waals surface area (Å²) in [4.78, 5) is 12.1. The molecule has 2 aromatic rings. The van der Waals surface area contributed by atoms with Crippen molar-refractivity contribution in [1.29, 1.82) is 0 Å². The first-order valence-electron chi connectivity index (χ1n) is 8.86. The van der Waals surface area contributed by atoms with Crippen LogP contribution in [0.5, 0.6) is 0 Å². The zero-order valence-electron chi connectivity index (χ0n) is 15.6. The molecule has 29 heavy (non-hydrogen) atoms. The summed E-state index contributed by atoms with van der Waals surface area (Å²) < 4.78 is 11.9. The Morgan fingerprint density at radius 3 is 2.28 bits per heavy atom. The lowest BCUT2D eigenvalue weighted by molar-refractivity contribution is -0.0188. The SMILES string of the molecule is CCOC1Nc2cc(Cl)cc(Cl)c2C(Nc2cc(Cl)cc(Cl)c2)(OCC)C1=C=O. The van der Waals surface area contributed by atoms with E-state index in [1.54, 1.807) is 37.3 Å². The first-order chi connectivity index (χ1) is 13.8. The van der Waals surface area contributed by atoms with Crippen molar-refractivity contribution in [1.82, 2.24) is 0 Å². The molecule has 0 bridgehead atoms. The third-order valence-corrected chi connectivity index (χ3v) is 5.27. The molecule has 0 aliphatic carbocycles. The molecule has 2 atom stereocenters. The van der Waals surface area contributed by atoms with E-state index < -0.39 is 12.0 Å². The zero-order chi connectivity index (χ0) is 21.2. The number of anilines is 2. The number of hydrogen-bond acceptors (Lipinski definition) is 5. The summed E-state index contributed by atoms with van der Waals surface area (Å²) in [5.41, 5.74) is 0.240. The van der Waals surface area contributed by atoms with E-state index >= 15 is 0 Å². The number of benzene rings is 2. The van der Waals surface area contributed by atoms with Gasteiger partial charge in [0.25, 0.3) is 0 Å². The van der Waals surface area contributed by atoms with E-state index in [-0.39, 0.29) is 12.2 Å². The number of ether oxygens (including phenoxy) is 2. The average Bonchev–Trinajstić information content (AvgIpc) is 2.60. The first-order valence-corrected chi connectivity index (χ1v) is 10.4. The van der Waals surface area contributed by atoms with E-state index in [9.17, 15) is 4.79 Å². The highest BCUT2D eigenvalue weighted by atomic mass is 35.5. The highest BCUT2D eigenvalue weighted by Gasteiger charge is 2.49. The van der Waals surface area contributed by atoms with Crippen LogP contribution in [0.1, 0.15) is 19.4 Å². The Labute approximate surface area is 188 Å². The fourth-order valence-electron chi connectivity index (χ4n) is 3.36. The van der Waals surface area contributed by atoms with Crippen molar-refractivity contribution in [3.63, 3.8) is 0 Å². The Hall–Kier alpha value is -1.43. The third-order valence-electron chi connectivity index (χ3n) is 4.32. The van der Waals surface area contributed by atoms with Crippen LogP contribution in [-0.4, -0.2) is 25.4 Å². The average molecular weight is 476 g/mol. The summed E-state index contributed by atoms with van der Waals surface area (Å²) in [5, 5.41) is 7.94. The second-order valence-corrected chi connectivity index (χ2v) is 7.92. The molecule has 1 aliphatic rings. The highest BCUT2D eigenvalue weighted by molar-refractivity contribution is 6.36. The summed E-state index contributed by atoms with van der Waals surface area (Å²) in [7, 11) is 0. The summed E-state index contributed by atoms with van der Waals surface area (Å²) in [6, 6.07) is 8.20. The molecule has 154 valence electrons. The van der Waals surface area contributed by atoms with Crippen molar-refractivity contribution < 1.29 is 14.3 Å². The van der Waals surface area contributed by atoms with Crippen LogP contribution in [0.2, 0.25) is 20.1 Å². The van der Waals surface area contributed by atoms with Gasteiger partial charge in [0.2, 0.25) is 5.72 Å². The lowest BCUT2D eigenvalue weighted by atomic mass is 9.87. The van der Waals surface area contributed by atoms with Gasteiger partial charge in [-0.15, -0.1) is 0 Å². The summed E-state index contributed by atoms with van der Waals surface area (Å²) in [6.07, 6.45) is -0.812. The van der Waals surface area contributed by atoms with Crippen LogP contribution >= 0.6 is 46.4 Å². The zero-order valence-corrected chi connectivity index (χ0v) is 18.6. The van der Waals surface area contributed by atoms with Crippen LogP contribution in [0.25, 0.3) is 0 Å². The molecule has 0 saturated carbocycles. The number of fused-ring (bicyclic) bond motifs is 1. The fourth-order valence-corrected chi connectivity index (χ4v) is 4.51. The summed E-state index contributed by atoms with van der Waals surface area (Å²) in [6.45, 7) is 4.22. The highest BCUT2D eigenvalue weighted by Crippen LogP contribution is 2.48. The molecule has 5 nitrogen and oxygen atoms in total. The van der Waals surface area contributed by atoms with Crippen molar-refractivity contribution >= 4 is 63.7 Å². The van der Waals surface area contributed by atoms with Crippen LogP contribution in [0, 0.1) is 0 Å². The van der Waals surface area contributed by atoms with Gasteiger partial charge in [-0.1, -0.05) is 46.4 Å². The summed E-state index contributed by atoms with van der Waals surface area (Å²) in [5.74, 6) is 1.98. The Morgan fingerprint density at radius 2 is 1.69 bits per heavy atom. The molecule has 9 heteroatoms. The smallest absolute Gasteiger partial charge is 0.206 e. The standard InChI is InChI=1S/C20H18Cl4N2O3/c1-3-28-19-15(10-27)20(29-4-2,26-14-6-11(21)5-12(22)7-14)18-16(24)8-13(23)9-17(18)25-19/h5-9,19,25-26H,3-4H2,1-2H3. The van der Waals surface area contributed by atoms with Gasteiger partial charge in [-0.25, -0.2) is 4.79 Å². The third kappa shape index (κ3) is 4.37. The van der Waals surface area contributed by atoms with Gasteiger partial charge in [0.05, 0.1) is 10.6 Å². The predicted octanol–water partition coefficient (Wildman–Crippen LogP) is 6.15. The van der Waals surface area contributed by atoms with Crippen LogP contribution in [-0.2, 0) is 20.0 Å². The van der Waals surface area contributed by atoms with E-state index in [1.807, 2.05) is 12.9 Å². The molecule has 0 fully saturated rings. The van der Waals surface area contributed by atoms with Gasteiger partial charge in [-0.05, 0) is 44.2 Å². The maximum absolute atomic E-state index is 12.1. The molecular weight excluding hydrogens is 458 g/mol. The van der Waals surface area contributed by atoms with Gasteiger partial charge in [-0.2, -0.15) is 0 Å². The van der Waals surface area contributed by atoms with Crippen molar-refractivity contribution in [3.05, 3.63) is 61.6 Å². The lowest BCUT2D eigenvalue weighted by Crippen LogP contribution is -2.51. The molecule has 2 unspecified atom stereocenters. The first kappa shape index (κ1) is 22.3. The second-order valence-electron chi connectivity index (χ2n) is 6.20. The van der Waals surface area contributed by atoms with Crippen LogP contribution < -0.4 is 10.6 Å². The number of rotatable bonds is 6. The molecule has 1 heterocycles. The molecule has 0 amide bonds. The minimum Gasteiger partial charge on any atom is -0.355 e. The number of nitrogens with one attached hydrogen (secondary N) is 2. The van der Waals surface area contributed by atoms with Gasteiger partial charge < -0.3 is 20.1 Å². The Balaban J connectivity index is 2.29. The quantitative estimate of drug-likeness (QED) is 0.387. The molecule has 2 N–H and O–H groups in total. The molecule has 0 aromatic heterocycles. The summed E-state index contributed by atoms with van der Waals surface area (Å²) >= 11 is 25.1. The Morgan fingerprint density at radius 1 is 1.03 bits per heavy atom. The molecular formula is C20H18Cl4N2O3. The van der Waals surface area contributed by atoms with Crippen molar-refractivity contribution in [2.24, 2.45) is 0 Å². The van der Waals surface area contributed by atoms with Crippen LogP contribution in [0.15, 0.2) is 35.9 Å². The molecule has 0 spiro atoms. The minimum atomic E-state index is -1.48. The predicted molar refractivity (Wildman–Crippen MR) is 118 cm³/mol. The van der Waals surface area contributed by atoms with Crippen molar-refractivity contribution in [3.8, 4) is 0 Å². The van der Waals surface area contributed by atoms with Crippen LogP contribution in [0.3, 0.4) is 0 Å². The Bertz CT molecular complexity index is 958. The van der Waals surface area contributed by atoms with E-state index in [0.717, 1.165) is 0 Å². The largest absolute Gasteiger partial charge is 0.355 e. The Kier molecular flexibility index (Phi) is 7.02. The van der Waals surface area contributed by atoms with Crippen LogP contribution in [0.4, 0.5) is 11.4 Å². The monoisotopic (exact) mass is 474 g/mol. The van der Waals surface area contributed by atoms with Crippen molar-refractivity contribution in [2.75, 3.05) is 23.8 Å². The lowest BCUT2D eigenvalue weighted by Gasteiger charge is -2.44. The molecule has 3 rings (SSSR count). The van der Waals surface area contributed by atoms with Gasteiger partial charge in [-0.3, -0.25) is 0 Å². The molecule has 0 saturated heterocycles. The fraction of sp³-hybridized carbons (Fsp3) is 0.300. The van der Waals surface area contributed by atoms with E-state index in [4.69, 9.17) is 55.9 Å². The van der Waals surface area contributed by atoms with Gasteiger partial charge in [0, 0.05) is 39.7 Å². The second kappa shape index (κ2) is 9.15. The van der Waals surface area contributed by atoms with E-state index in [1.165, 1.54) is 0 Å². The van der Waals surface area contributed by atoms with E-state index in [0.29, 0.717) is 43.6 Å². The molecule has 1 aliphatic heterocycles. The topological polar surface area (TPSA) is 59.6 Å². The van der Waals surface area contributed by atoms with Crippen molar-refractivity contribution in [2.45, 2.75) is 25.8 Å². The molecule has 2 aromatic carbocycles. The van der Waals surface area contributed by atoms with Gasteiger partial charge >= 0.3 is 0 Å². The number of carbonyl (C=O) groups excluding carboxylic acids is 1. The minimum absolute atomic E-state index is 0.147.